The number of H-pyrrole nitrogens is 1. The molecule has 3 heterocycles. The van der Waals surface area contributed by atoms with Crippen molar-refractivity contribution < 1.29 is 9.47 Å². The maximum Gasteiger partial charge on any atom is 0.330 e. The van der Waals surface area contributed by atoms with E-state index in [-0.39, 0.29) is 23.7 Å². The topological polar surface area (TPSA) is 73.3 Å². The Bertz CT molecular complexity index is 607. The van der Waals surface area contributed by atoms with Gasteiger partial charge in [-0.3, -0.25) is 14.3 Å². The molecule has 0 spiro atoms. The van der Waals surface area contributed by atoms with E-state index in [4.69, 9.17) is 9.47 Å². The van der Waals surface area contributed by atoms with E-state index in [1.54, 1.807) is 0 Å². The normalized spacial score (nSPS) is 40.8. The molecule has 3 rings (SSSR count). The molecular weight excluding hydrogens is 248 g/mol. The van der Waals surface area contributed by atoms with E-state index in [0.29, 0.717) is 0 Å². The third-order valence-corrected chi connectivity index (χ3v) is 4.61. The van der Waals surface area contributed by atoms with Crippen molar-refractivity contribution in [3.05, 3.63) is 33.1 Å². The zero-order chi connectivity index (χ0) is 13.8. The Balaban J connectivity index is 2.02. The average molecular weight is 266 g/mol. The predicted octanol–water partition coefficient (Wildman–Crippen LogP) is 0.638. The van der Waals surface area contributed by atoms with E-state index < -0.39 is 17.5 Å². The van der Waals surface area contributed by atoms with Gasteiger partial charge in [0.2, 0.25) is 0 Å². The Labute approximate surface area is 110 Å². The lowest BCUT2D eigenvalue weighted by atomic mass is 9.84. The number of nitrogens with one attached hydrogen (secondary N) is 1. The van der Waals surface area contributed by atoms with Crippen LogP contribution in [0.3, 0.4) is 0 Å². The van der Waals surface area contributed by atoms with Crippen molar-refractivity contribution in [2.24, 2.45) is 5.92 Å². The van der Waals surface area contributed by atoms with Crippen molar-refractivity contribution in [1.82, 2.24) is 9.55 Å². The number of ether oxygens (including phenoxy) is 2. The average Bonchev–Trinajstić information content (AvgIpc) is 2.77. The highest BCUT2D eigenvalue weighted by molar-refractivity contribution is 5.08. The first-order valence-electron chi connectivity index (χ1n) is 6.64. The molecule has 19 heavy (non-hydrogen) atoms. The van der Waals surface area contributed by atoms with Crippen LogP contribution in [0, 0.1) is 5.92 Å². The molecule has 1 aromatic rings. The highest BCUT2D eigenvalue weighted by Gasteiger charge is 2.62. The molecule has 6 nitrogen and oxygen atoms in total. The number of fused-ring (bicyclic) bond motifs is 2. The minimum Gasteiger partial charge on any atom is -0.367 e. The van der Waals surface area contributed by atoms with Crippen molar-refractivity contribution >= 4 is 0 Å². The number of hydrogen-bond donors (Lipinski definition) is 1. The van der Waals surface area contributed by atoms with E-state index in [2.05, 4.69) is 18.8 Å². The third-order valence-electron chi connectivity index (χ3n) is 4.61. The first-order chi connectivity index (χ1) is 8.99. The Morgan fingerprint density at radius 2 is 2.16 bits per heavy atom. The van der Waals surface area contributed by atoms with Gasteiger partial charge >= 0.3 is 5.69 Å². The maximum atomic E-state index is 11.9. The van der Waals surface area contributed by atoms with Crippen LogP contribution >= 0.6 is 0 Å². The standard InChI is InChI=1S/C13H18N2O4/c1-4-13-7(2)10(18-8(13)3)11(19-13)15-6-5-9(16)14-12(15)17/h5-8,10-11H,4H2,1-3H3,(H,14,16,17)/t7-,8?,10-,11+,13-/m0/s1. The van der Waals surface area contributed by atoms with Crippen LogP contribution in [0.1, 0.15) is 33.4 Å². The van der Waals surface area contributed by atoms with Gasteiger partial charge in [0.05, 0.1) is 6.10 Å². The predicted molar refractivity (Wildman–Crippen MR) is 68.0 cm³/mol. The molecule has 0 aliphatic carbocycles. The van der Waals surface area contributed by atoms with Gasteiger partial charge in [-0.2, -0.15) is 0 Å². The summed E-state index contributed by atoms with van der Waals surface area (Å²) in [7, 11) is 0. The Hall–Kier alpha value is -1.40. The van der Waals surface area contributed by atoms with Gasteiger partial charge in [-0.05, 0) is 13.3 Å². The van der Waals surface area contributed by atoms with Crippen molar-refractivity contribution in [3.8, 4) is 0 Å². The summed E-state index contributed by atoms with van der Waals surface area (Å²) in [6, 6.07) is 1.32. The summed E-state index contributed by atoms with van der Waals surface area (Å²) < 4.78 is 13.5. The van der Waals surface area contributed by atoms with Gasteiger partial charge in [0.15, 0.2) is 6.23 Å². The van der Waals surface area contributed by atoms with E-state index in [1.807, 2.05) is 6.92 Å². The summed E-state index contributed by atoms with van der Waals surface area (Å²) in [5.41, 5.74) is -1.21. The molecule has 5 atom stereocenters. The largest absolute Gasteiger partial charge is 0.367 e. The van der Waals surface area contributed by atoms with E-state index in [0.717, 1.165) is 6.42 Å². The summed E-state index contributed by atoms with van der Waals surface area (Å²) in [4.78, 5) is 25.2. The Morgan fingerprint density at radius 1 is 1.42 bits per heavy atom. The summed E-state index contributed by atoms with van der Waals surface area (Å²) >= 11 is 0. The molecule has 0 amide bonds. The van der Waals surface area contributed by atoms with Crippen LogP contribution < -0.4 is 11.2 Å². The first kappa shape index (κ1) is 12.6. The molecule has 6 heteroatoms. The van der Waals surface area contributed by atoms with Crippen molar-refractivity contribution in [2.75, 3.05) is 0 Å². The molecule has 0 aromatic carbocycles. The zero-order valence-electron chi connectivity index (χ0n) is 11.3. The molecule has 1 N–H and O–H groups in total. The molecule has 2 bridgehead atoms. The molecule has 1 unspecified atom stereocenters. The third kappa shape index (κ3) is 1.56. The van der Waals surface area contributed by atoms with Gasteiger partial charge in [0.1, 0.15) is 11.7 Å². The van der Waals surface area contributed by atoms with E-state index in [1.165, 1.54) is 16.8 Å². The minimum atomic E-state index is -0.463. The molecule has 0 radical (unpaired) electrons. The fourth-order valence-electron chi connectivity index (χ4n) is 3.46. The molecule has 0 saturated carbocycles. The molecule has 104 valence electrons. The van der Waals surface area contributed by atoms with Gasteiger partial charge < -0.3 is 9.47 Å². The second-order valence-electron chi connectivity index (χ2n) is 5.37. The molecule has 2 fully saturated rings. The fraction of sp³-hybridized carbons (Fsp3) is 0.692. The van der Waals surface area contributed by atoms with Gasteiger partial charge in [-0.15, -0.1) is 0 Å². The molecule has 2 aliphatic rings. The molecule has 1 aromatic heterocycles. The summed E-state index contributed by atoms with van der Waals surface area (Å²) in [6.45, 7) is 6.16. The quantitative estimate of drug-likeness (QED) is 0.852. The Morgan fingerprint density at radius 3 is 2.74 bits per heavy atom. The highest BCUT2D eigenvalue weighted by atomic mass is 16.6. The van der Waals surface area contributed by atoms with E-state index >= 15 is 0 Å². The van der Waals surface area contributed by atoms with Crippen molar-refractivity contribution in [1.29, 1.82) is 0 Å². The maximum absolute atomic E-state index is 11.9. The highest BCUT2D eigenvalue weighted by Crippen LogP contribution is 2.53. The number of nitrogens with zero attached hydrogens (tertiary/aromatic N) is 1. The summed E-state index contributed by atoms with van der Waals surface area (Å²) in [5.74, 6) is 0.219. The van der Waals surface area contributed by atoms with Gasteiger partial charge in [-0.1, -0.05) is 13.8 Å². The van der Waals surface area contributed by atoms with Crippen LogP contribution in [-0.2, 0) is 9.47 Å². The molecular formula is C13H18N2O4. The lowest BCUT2D eigenvalue weighted by Gasteiger charge is -2.36. The lowest BCUT2D eigenvalue weighted by Crippen LogP contribution is -2.45. The van der Waals surface area contributed by atoms with Crippen LogP contribution in [0.2, 0.25) is 0 Å². The van der Waals surface area contributed by atoms with Gasteiger partial charge in [0.25, 0.3) is 5.56 Å². The summed E-state index contributed by atoms with van der Waals surface area (Å²) in [6.07, 6.45) is 1.71. The molecule has 2 saturated heterocycles. The second kappa shape index (κ2) is 4.05. The van der Waals surface area contributed by atoms with Crippen molar-refractivity contribution in [2.45, 2.75) is 51.2 Å². The number of aromatic amines is 1. The number of hydrogen-bond acceptors (Lipinski definition) is 4. The number of aromatic nitrogens is 2. The second-order valence-corrected chi connectivity index (χ2v) is 5.37. The van der Waals surface area contributed by atoms with Gasteiger partial charge in [-0.25, -0.2) is 4.79 Å². The number of rotatable bonds is 2. The Kier molecular flexibility index (Phi) is 2.69. The van der Waals surface area contributed by atoms with Crippen LogP contribution in [0.5, 0.6) is 0 Å². The minimum absolute atomic E-state index is 0.0206. The summed E-state index contributed by atoms with van der Waals surface area (Å²) in [5, 5.41) is 0. The SMILES string of the molecule is CC[C@@]12O[C@@H](n3ccc(=O)[nH]c3=O)[C@@H](OC1C)[C@@H]2C. The van der Waals surface area contributed by atoms with Crippen LogP contribution in [0.4, 0.5) is 0 Å². The fourth-order valence-corrected chi connectivity index (χ4v) is 3.46. The van der Waals surface area contributed by atoms with Crippen LogP contribution in [-0.4, -0.2) is 27.4 Å². The van der Waals surface area contributed by atoms with Crippen molar-refractivity contribution in [3.63, 3.8) is 0 Å². The zero-order valence-corrected chi connectivity index (χ0v) is 11.3. The first-order valence-corrected chi connectivity index (χ1v) is 6.64. The van der Waals surface area contributed by atoms with Crippen LogP contribution in [0.15, 0.2) is 21.9 Å². The molecule has 2 aliphatic heterocycles. The van der Waals surface area contributed by atoms with Crippen LogP contribution in [0.25, 0.3) is 0 Å². The lowest BCUT2D eigenvalue weighted by molar-refractivity contribution is -0.207. The van der Waals surface area contributed by atoms with Gasteiger partial charge in [0, 0.05) is 18.2 Å². The smallest absolute Gasteiger partial charge is 0.330 e. The monoisotopic (exact) mass is 266 g/mol. The van der Waals surface area contributed by atoms with E-state index in [9.17, 15) is 9.59 Å².